The number of hydrogen-bond acceptors (Lipinski definition) is 7. The average molecular weight is 555 g/mol. The van der Waals surface area contributed by atoms with Gasteiger partial charge in [-0.2, -0.15) is 0 Å². The van der Waals surface area contributed by atoms with Crippen molar-refractivity contribution < 1.29 is 33.6 Å². The topological polar surface area (TPSA) is 91.3 Å². The lowest BCUT2D eigenvalue weighted by Crippen LogP contribution is -2.09. The van der Waals surface area contributed by atoms with Crippen molar-refractivity contribution in [3.8, 4) is 16.9 Å². The van der Waals surface area contributed by atoms with Gasteiger partial charge in [-0.25, -0.2) is 9.59 Å². The van der Waals surface area contributed by atoms with E-state index >= 15 is 0 Å². The van der Waals surface area contributed by atoms with Crippen molar-refractivity contribution in [1.29, 1.82) is 0 Å². The van der Waals surface area contributed by atoms with Crippen molar-refractivity contribution in [3.05, 3.63) is 126 Å². The Hall–Kier alpha value is -4.62. The summed E-state index contributed by atoms with van der Waals surface area (Å²) in [5.74, 6) is 1.01. The maximum atomic E-state index is 12.6. The van der Waals surface area contributed by atoms with Gasteiger partial charge in [-0.15, -0.1) is 0 Å². The zero-order valence-electron chi connectivity index (χ0n) is 23.1. The first-order valence-electron chi connectivity index (χ1n) is 13.6. The number of carbonyl (C=O) groups excluding carboxylic acids is 2. The van der Waals surface area contributed by atoms with Crippen molar-refractivity contribution in [2.45, 2.75) is 38.9 Å². The van der Waals surface area contributed by atoms with Crippen LogP contribution in [0.4, 0.5) is 0 Å². The quantitative estimate of drug-likeness (QED) is 0.105. The molecule has 7 heteroatoms. The van der Waals surface area contributed by atoms with Gasteiger partial charge in [0.1, 0.15) is 17.3 Å². The summed E-state index contributed by atoms with van der Waals surface area (Å²) in [6.45, 7) is 5.97. The molecule has 0 radical (unpaired) electrons. The second-order valence-corrected chi connectivity index (χ2v) is 9.61. The van der Waals surface area contributed by atoms with Crippen molar-refractivity contribution in [1.82, 2.24) is 0 Å². The van der Waals surface area contributed by atoms with Gasteiger partial charge in [0.15, 0.2) is 0 Å². The van der Waals surface area contributed by atoms with Gasteiger partial charge < -0.3 is 24.1 Å². The van der Waals surface area contributed by atoms with Crippen LogP contribution in [0.2, 0.25) is 0 Å². The van der Waals surface area contributed by atoms with E-state index in [2.05, 4.69) is 6.58 Å². The minimum Gasteiger partial charge on any atom is -0.494 e. The SMILES string of the molecule is C=C(C)C(=O)OCCCCOc1ccc(C(O)OC2=CC=C(OC(=O)c3ccc(-c4ccccc4)cc3)CC2)cc1. The van der Waals surface area contributed by atoms with Gasteiger partial charge in [-0.05, 0) is 79.4 Å². The molecule has 1 atom stereocenters. The highest BCUT2D eigenvalue weighted by molar-refractivity contribution is 5.90. The number of hydrogen-bond donors (Lipinski definition) is 1. The lowest BCUT2D eigenvalue weighted by atomic mass is 10.0. The van der Waals surface area contributed by atoms with E-state index in [0.717, 1.165) is 17.5 Å². The third kappa shape index (κ3) is 8.95. The first-order valence-corrected chi connectivity index (χ1v) is 13.6. The molecule has 0 aliphatic heterocycles. The molecular weight excluding hydrogens is 520 g/mol. The van der Waals surface area contributed by atoms with Crippen LogP contribution in [0.15, 0.2) is 115 Å². The maximum absolute atomic E-state index is 12.6. The zero-order chi connectivity index (χ0) is 29.0. The van der Waals surface area contributed by atoms with Gasteiger partial charge in [0.25, 0.3) is 0 Å². The number of benzene rings is 3. The fourth-order valence-corrected chi connectivity index (χ4v) is 4.01. The molecule has 1 aliphatic rings. The van der Waals surface area contributed by atoms with Gasteiger partial charge in [0, 0.05) is 24.0 Å². The van der Waals surface area contributed by atoms with E-state index in [1.807, 2.05) is 42.5 Å². The Bertz CT molecular complexity index is 1390. The molecule has 4 rings (SSSR count). The van der Waals surface area contributed by atoms with Gasteiger partial charge in [0.2, 0.25) is 6.29 Å². The standard InChI is InChI=1S/C34H34O7/c1-24(2)32(35)39-23-7-6-22-38-29-16-14-28(15-17-29)34(37)41-31-20-18-30(19-21-31)40-33(36)27-12-10-26(11-13-27)25-8-4-3-5-9-25/h3-5,8-18,20,34,37H,1,6-7,19,21-23H2,2H3. The second kappa shape index (κ2) is 14.7. The van der Waals surface area contributed by atoms with Crippen LogP contribution in [0, 0.1) is 0 Å². The summed E-state index contributed by atoms with van der Waals surface area (Å²) in [4.78, 5) is 24.0. The van der Waals surface area contributed by atoms with Crippen molar-refractivity contribution >= 4 is 11.9 Å². The van der Waals surface area contributed by atoms with Crippen LogP contribution in [-0.2, 0) is 19.0 Å². The largest absolute Gasteiger partial charge is 0.494 e. The minimum absolute atomic E-state index is 0.329. The molecule has 1 N–H and O–H groups in total. The maximum Gasteiger partial charge on any atom is 0.343 e. The molecular formula is C34H34O7. The lowest BCUT2D eigenvalue weighted by molar-refractivity contribution is -0.139. The number of aliphatic hydroxyl groups excluding tert-OH is 1. The van der Waals surface area contributed by atoms with E-state index in [4.69, 9.17) is 18.9 Å². The highest BCUT2D eigenvalue weighted by Crippen LogP contribution is 2.27. The normalized spacial score (nSPS) is 13.3. The van der Waals surface area contributed by atoms with Crippen LogP contribution in [-0.4, -0.2) is 30.3 Å². The molecule has 0 bridgehead atoms. The molecule has 212 valence electrons. The van der Waals surface area contributed by atoms with Crippen LogP contribution in [0.3, 0.4) is 0 Å². The number of carbonyl (C=O) groups is 2. The van der Waals surface area contributed by atoms with Gasteiger partial charge in [0.05, 0.1) is 18.8 Å². The van der Waals surface area contributed by atoms with Gasteiger partial charge in [-0.1, -0.05) is 49.0 Å². The number of esters is 2. The summed E-state index contributed by atoms with van der Waals surface area (Å²) in [5, 5.41) is 10.5. The smallest absolute Gasteiger partial charge is 0.343 e. The van der Waals surface area contributed by atoms with E-state index in [-0.39, 0.29) is 5.97 Å². The molecule has 0 saturated heterocycles. The fraction of sp³-hybridized carbons (Fsp3) is 0.235. The van der Waals surface area contributed by atoms with E-state index < -0.39 is 12.3 Å². The predicted octanol–water partition coefficient (Wildman–Crippen LogP) is 7.06. The Kier molecular flexibility index (Phi) is 10.5. The number of aliphatic hydroxyl groups is 1. The summed E-state index contributed by atoms with van der Waals surface area (Å²) in [5.41, 5.74) is 3.56. The number of rotatable bonds is 13. The lowest BCUT2D eigenvalue weighted by Gasteiger charge is -2.19. The van der Waals surface area contributed by atoms with Gasteiger partial charge in [-0.3, -0.25) is 0 Å². The predicted molar refractivity (Wildman–Crippen MR) is 156 cm³/mol. The molecule has 7 nitrogen and oxygen atoms in total. The molecule has 1 unspecified atom stereocenters. The second-order valence-electron chi connectivity index (χ2n) is 9.61. The van der Waals surface area contributed by atoms with Crippen LogP contribution in [0.1, 0.15) is 54.8 Å². The molecule has 3 aromatic carbocycles. The molecule has 3 aromatic rings. The summed E-state index contributed by atoms with van der Waals surface area (Å²) >= 11 is 0. The third-order valence-corrected chi connectivity index (χ3v) is 6.34. The highest BCUT2D eigenvalue weighted by atomic mass is 16.6. The fourth-order valence-electron chi connectivity index (χ4n) is 4.01. The van der Waals surface area contributed by atoms with Crippen LogP contribution in [0.5, 0.6) is 5.75 Å². The molecule has 41 heavy (non-hydrogen) atoms. The summed E-state index contributed by atoms with van der Waals surface area (Å²) in [6.07, 6.45) is 4.65. The molecule has 0 aromatic heterocycles. The zero-order valence-corrected chi connectivity index (χ0v) is 23.1. The molecule has 1 aliphatic carbocycles. The molecule has 0 fully saturated rings. The number of unbranched alkanes of at least 4 members (excludes halogenated alkanes) is 1. The Morgan fingerprint density at radius 1 is 0.829 bits per heavy atom. The number of allylic oxidation sites excluding steroid dienone is 4. The Morgan fingerprint density at radius 3 is 2.12 bits per heavy atom. The van der Waals surface area contributed by atoms with Crippen LogP contribution < -0.4 is 4.74 Å². The minimum atomic E-state index is -1.14. The Labute approximate surface area is 240 Å². The molecule has 0 spiro atoms. The first-order chi connectivity index (χ1) is 19.9. The first kappa shape index (κ1) is 29.4. The third-order valence-electron chi connectivity index (χ3n) is 6.34. The van der Waals surface area contributed by atoms with E-state index in [9.17, 15) is 14.7 Å². The summed E-state index contributed by atoms with van der Waals surface area (Å²) in [6, 6.07) is 24.3. The van der Waals surface area contributed by atoms with Crippen LogP contribution in [0.25, 0.3) is 11.1 Å². The molecule has 0 heterocycles. The van der Waals surface area contributed by atoms with Crippen LogP contribution >= 0.6 is 0 Å². The van der Waals surface area contributed by atoms with E-state index in [0.29, 0.717) is 66.4 Å². The Morgan fingerprint density at radius 2 is 1.46 bits per heavy atom. The summed E-state index contributed by atoms with van der Waals surface area (Å²) < 4.78 is 22.0. The van der Waals surface area contributed by atoms with Crippen molar-refractivity contribution in [2.75, 3.05) is 13.2 Å². The van der Waals surface area contributed by atoms with E-state index in [1.54, 1.807) is 55.5 Å². The summed E-state index contributed by atoms with van der Waals surface area (Å²) in [7, 11) is 0. The molecule has 0 amide bonds. The monoisotopic (exact) mass is 554 g/mol. The highest BCUT2D eigenvalue weighted by Gasteiger charge is 2.17. The number of ether oxygens (including phenoxy) is 4. The average Bonchev–Trinajstić information content (AvgIpc) is 3.00. The van der Waals surface area contributed by atoms with Crippen molar-refractivity contribution in [2.24, 2.45) is 0 Å². The molecule has 0 saturated carbocycles. The van der Waals surface area contributed by atoms with Gasteiger partial charge >= 0.3 is 11.9 Å². The Balaban J connectivity index is 1.20. The van der Waals surface area contributed by atoms with Crippen molar-refractivity contribution in [3.63, 3.8) is 0 Å². The van der Waals surface area contributed by atoms with E-state index in [1.165, 1.54) is 0 Å².